The van der Waals surface area contributed by atoms with E-state index in [0.717, 1.165) is 5.39 Å². The summed E-state index contributed by atoms with van der Waals surface area (Å²) in [4.78, 5) is 16.4. The molecule has 1 amide bonds. The Balaban J connectivity index is 2.15. The number of ether oxygens (including phenoxy) is 1. The number of carbonyl (C=O) groups is 1. The van der Waals surface area contributed by atoms with Gasteiger partial charge >= 0.3 is 0 Å². The van der Waals surface area contributed by atoms with Gasteiger partial charge in [0.25, 0.3) is 5.91 Å². The molecule has 2 aromatic carbocycles. The van der Waals surface area contributed by atoms with Crippen LogP contribution in [0, 0.1) is 0 Å². The van der Waals surface area contributed by atoms with Crippen LogP contribution in [-0.4, -0.2) is 23.2 Å². The predicted molar refractivity (Wildman–Crippen MR) is 92.3 cm³/mol. The van der Waals surface area contributed by atoms with E-state index in [1.807, 2.05) is 6.07 Å². The van der Waals surface area contributed by atoms with Gasteiger partial charge in [-0.25, -0.2) is 10.5 Å². The number of benzene rings is 2. The molecule has 0 saturated carbocycles. The third-order valence-electron chi connectivity index (χ3n) is 3.50. The summed E-state index contributed by atoms with van der Waals surface area (Å²) in [6.45, 7) is 0. The van der Waals surface area contributed by atoms with Crippen molar-refractivity contribution in [2.45, 2.75) is 0 Å². The first kappa shape index (κ1) is 16.0. The normalized spacial score (nSPS) is 10.5. The summed E-state index contributed by atoms with van der Waals surface area (Å²) in [6, 6.07) is 14.0. The van der Waals surface area contributed by atoms with Crippen LogP contribution < -0.4 is 15.5 Å². The van der Waals surface area contributed by atoms with Crippen molar-refractivity contribution >= 4 is 39.9 Å². The summed E-state index contributed by atoms with van der Waals surface area (Å²) >= 11 is 6.15. The number of hydrogen-bond donors (Lipinski definition) is 3. The van der Waals surface area contributed by atoms with Gasteiger partial charge in [-0.1, -0.05) is 23.7 Å². The quantitative estimate of drug-likeness (QED) is 0.496. The number of halogens is 1. The van der Waals surface area contributed by atoms with E-state index in [9.17, 15) is 4.79 Å². The van der Waals surface area contributed by atoms with Crippen LogP contribution in [0.1, 0.15) is 10.4 Å². The van der Waals surface area contributed by atoms with Gasteiger partial charge < -0.3 is 10.1 Å². The summed E-state index contributed by atoms with van der Waals surface area (Å²) in [7, 11) is 1.57. The van der Waals surface area contributed by atoms with E-state index >= 15 is 0 Å². The second kappa shape index (κ2) is 6.74. The minimum atomic E-state index is -0.672. The molecule has 0 radical (unpaired) electrons. The molecule has 24 heavy (non-hydrogen) atoms. The average Bonchev–Trinajstić information content (AvgIpc) is 2.61. The van der Waals surface area contributed by atoms with Crippen molar-refractivity contribution < 1.29 is 14.7 Å². The highest BCUT2D eigenvalue weighted by Gasteiger charge is 2.15. The van der Waals surface area contributed by atoms with Crippen LogP contribution in [0.2, 0.25) is 5.02 Å². The molecule has 0 fully saturated rings. The Labute approximate surface area is 143 Å². The molecular formula is C17H14ClN3O3. The van der Waals surface area contributed by atoms with Crippen molar-refractivity contribution in [3.8, 4) is 5.75 Å². The number of pyridine rings is 1. The number of nitrogens with one attached hydrogen (secondary N) is 2. The zero-order valence-electron chi connectivity index (χ0n) is 12.7. The van der Waals surface area contributed by atoms with E-state index in [1.54, 1.807) is 55.1 Å². The van der Waals surface area contributed by atoms with Gasteiger partial charge in [0, 0.05) is 11.5 Å². The fraction of sp³-hybridized carbons (Fsp3) is 0.0588. The minimum Gasteiger partial charge on any atom is -0.497 e. The van der Waals surface area contributed by atoms with Gasteiger partial charge in [0.2, 0.25) is 0 Å². The lowest BCUT2D eigenvalue weighted by Crippen LogP contribution is -2.20. The largest absolute Gasteiger partial charge is 0.497 e. The number of nitrogens with zero attached hydrogens (tertiary/aromatic N) is 1. The van der Waals surface area contributed by atoms with Crippen LogP contribution >= 0.6 is 11.6 Å². The summed E-state index contributed by atoms with van der Waals surface area (Å²) in [5, 5.41) is 13.2. The van der Waals surface area contributed by atoms with Crippen molar-refractivity contribution in [2.75, 3.05) is 12.4 Å². The van der Waals surface area contributed by atoms with Crippen molar-refractivity contribution in [1.29, 1.82) is 0 Å². The van der Waals surface area contributed by atoms with Crippen LogP contribution in [0.15, 0.2) is 48.5 Å². The van der Waals surface area contributed by atoms with Crippen LogP contribution in [-0.2, 0) is 0 Å². The third kappa shape index (κ3) is 3.10. The molecule has 0 aliphatic heterocycles. The number of hydrogen-bond acceptors (Lipinski definition) is 5. The number of fused-ring (bicyclic) bond motifs is 1. The second-order valence-corrected chi connectivity index (χ2v) is 5.40. The van der Waals surface area contributed by atoms with Crippen LogP contribution in [0.5, 0.6) is 5.75 Å². The predicted octanol–water partition coefficient (Wildman–Crippen LogP) is 3.76. The number of hydroxylamine groups is 1. The Kier molecular flexibility index (Phi) is 4.50. The van der Waals surface area contributed by atoms with Gasteiger partial charge in [0.15, 0.2) is 0 Å². The topological polar surface area (TPSA) is 83.5 Å². The summed E-state index contributed by atoms with van der Waals surface area (Å²) in [5.74, 6) is 0.253. The van der Waals surface area contributed by atoms with E-state index in [4.69, 9.17) is 21.5 Å². The van der Waals surface area contributed by atoms with Crippen molar-refractivity contribution in [2.24, 2.45) is 0 Å². The van der Waals surface area contributed by atoms with E-state index in [2.05, 4.69) is 10.3 Å². The number of methoxy groups -OCH3 is 1. The Morgan fingerprint density at radius 1 is 1.21 bits per heavy atom. The lowest BCUT2D eigenvalue weighted by Gasteiger charge is -2.13. The monoisotopic (exact) mass is 343 g/mol. The van der Waals surface area contributed by atoms with Crippen molar-refractivity contribution in [3.05, 3.63) is 59.1 Å². The maximum absolute atomic E-state index is 12.0. The standard InChI is InChI=1S/C17H14ClN3O3/c1-24-11-7-6-10-8-12(17(22)21-23)16(20-15(10)9-11)19-14-5-3-2-4-13(14)18/h2-9,23H,1H3,(H,19,20)(H,21,22). The van der Waals surface area contributed by atoms with E-state index in [-0.39, 0.29) is 11.4 Å². The number of para-hydroxylation sites is 1. The first-order valence-corrected chi connectivity index (χ1v) is 7.45. The molecule has 7 heteroatoms. The molecule has 0 atom stereocenters. The molecule has 1 aromatic heterocycles. The number of carbonyl (C=O) groups excluding carboxylic acids is 1. The van der Waals surface area contributed by atoms with Gasteiger partial charge in [-0.2, -0.15) is 0 Å². The van der Waals surface area contributed by atoms with Crippen molar-refractivity contribution in [1.82, 2.24) is 10.5 Å². The molecule has 0 bridgehead atoms. The van der Waals surface area contributed by atoms with Crippen LogP contribution in [0.3, 0.4) is 0 Å². The summed E-state index contributed by atoms with van der Waals surface area (Å²) in [6.07, 6.45) is 0. The fourth-order valence-corrected chi connectivity index (χ4v) is 2.48. The number of amides is 1. The van der Waals surface area contributed by atoms with Gasteiger partial charge in [-0.15, -0.1) is 0 Å². The lowest BCUT2D eigenvalue weighted by molar-refractivity contribution is 0.0707. The van der Waals surface area contributed by atoms with E-state index in [0.29, 0.717) is 22.0 Å². The molecule has 3 rings (SSSR count). The SMILES string of the molecule is COc1ccc2cc(C(=O)NO)c(Nc3ccccc3Cl)nc2c1. The molecule has 3 N–H and O–H groups in total. The molecule has 122 valence electrons. The van der Waals surface area contributed by atoms with Crippen LogP contribution in [0.4, 0.5) is 11.5 Å². The summed E-state index contributed by atoms with van der Waals surface area (Å²) in [5.41, 5.74) is 3.06. The van der Waals surface area contributed by atoms with Gasteiger partial charge in [-0.05, 0) is 30.3 Å². The maximum atomic E-state index is 12.0. The molecule has 0 aliphatic carbocycles. The Morgan fingerprint density at radius 2 is 2.00 bits per heavy atom. The summed E-state index contributed by atoms with van der Waals surface area (Å²) < 4.78 is 5.20. The number of anilines is 2. The molecule has 3 aromatic rings. The zero-order valence-corrected chi connectivity index (χ0v) is 13.5. The highest BCUT2D eigenvalue weighted by atomic mass is 35.5. The van der Waals surface area contributed by atoms with Gasteiger partial charge in [0.1, 0.15) is 11.6 Å². The molecule has 0 saturated heterocycles. The number of rotatable bonds is 4. The van der Waals surface area contributed by atoms with Crippen LogP contribution in [0.25, 0.3) is 10.9 Å². The molecular weight excluding hydrogens is 330 g/mol. The number of aromatic nitrogens is 1. The highest BCUT2D eigenvalue weighted by Crippen LogP contribution is 2.29. The van der Waals surface area contributed by atoms with Crippen molar-refractivity contribution in [3.63, 3.8) is 0 Å². The third-order valence-corrected chi connectivity index (χ3v) is 3.83. The second-order valence-electron chi connectivity index (χ2n) is 4.99. The Morgan fingerprint density at radius 3 is 2.71 bits per heavy atom. The molecule has 0 spiro atoms. The first-order valence-electron chi connectivity index (χ1n) is 7.07. The average molecular weight is 344 g/mol. The molecule has 0 aliphatic rings. The maximum Gasteiger partial charge on any atom is 0.278 e. The molecule has 1 heterocycles. The smallest absolute Gasteiger partial charge is 0.278 e. The molecule has 0 unspecified atom stereocenters. The lowest BCUT2D eigenvalue weighted by atomic mass is 10.1. The van der Waals surface area contributed by atoms with E-state index in [1.165, 1.54) is 0 Å². The Bertz CT molecular complexity index is 915. The Hall–Kier alpha value is -2.83. The van der Waals surface area contributed by atoms with Gasteiger partial charge in [-0.3, -0.25) is 10.0 Å². The van der Waals surface area contributed by atoms with Gasteiger partial charge in [0.05, 0.1) is 28.9 Å². The van der Waals surface area contributed by atoms with E-state index < -0.39 is 5.91 Å². The fourth-order valence-electron chi connectivity index (χ4n) is 2.29. The first-order chi connectivity index (χ1) is 11.6. The molecule has 6 nitrogen and oxygen atoms in total. The highest BCUT2D eigenvalue weighted by molar-refractivity contribution is 6.33. The minimum absolute atomic E-state index is 0.190. The zero-order chi connectivity index (χ0) is 17.1.